The van der Waals surface area contributed by atoms with Crippen molar-refractivity contribution in [2.45, 2.75) is 19.3 Å². The number of nitrogen functional groups attached to an aromatic ring is 2. The van der Waals surface area contributed by atoms with Gasteiger partial charge in [-0.15, -0.1) is 37.2 Å². The molecule has 2 rings (SSSR count). The zero-order valence-corrected chi connectivity index (χ0v) is 20.4. The SMILES string of the molecule is Cl.Cl.Cl.N=C(NCCCCc1ccc(NCCN)cc1)NC(=O)c1nc(Cl)c(N)nc1N. The minimum absolute atomic E-state index is 0. The van der Waals surface area contributed by atoms with Crippen molar-refractivity contribution in [2.75, 3.05) is 36.4 Å². The third-order valence-corrected chi connectivity index (χ3v) is 4.26. The van der Waals surface area contributed by atoms with Gasteiger partial charge in [-0.1, -0.05) is 23.7 Å². The molecule has 2 aromatic rings. The lowest BCUT2D eigenvalue weighted by molar-refractivity contribution is 0.0971. The molecular weight excluding hydrogens is 500 g/mol. The Bertz CT molecular complexity index is 853. The van der Waals surface area contributed by atoms with Crippen molar-refractivity contribution >= 4 is 78.0 Å². The Morgan fingerprint density at radius 2 is 1.66 bits per heavy atom. The number of amides is 1. The number of nitrogens with two attached hydrogens (primary N) is 3. The van der Waals surface area contributed by atoms with E-state index < -0.39 is 5.91 Å². The molecule has 10 nitrogen and oxygen atoms in total. The van der Waals surface area contributed by atoms with Gasteiger partial charge in [0.05, 0.1) is 0 Å². The Labute approximate surface area is 210 Å². The minimum atomic E-state index is -0.683. The smallest absolute Gasteiger partial charge is 0.280 e. The van der Waals surface area contributed by atoms with Gasteiger partial charge in [0.1, 0.15) is 0 Å². The van der Waals surface area contributed by atoms with Gasteiger partial charge in [-0.25, -0.2) is 9.97 Å². The van der Waals surface area contributed by atoms with Gasteiger partial charge in [-0.2, -0.15) is 0 Å². The molecule has 0 saturated heterocycles. The molecular formula is C18H29Cl4N9O. The molecule has 0 spiro atoms. The van der Waals surface area contributed by atoms with Crippen molar-refractivity contribution in [2.24, 2.45) is 5.73 Å². The molecule has 1 amide bonds. The number of rotatable bonds is 9. The number of hydrogen-bond acceptors (Lipinski definition) is 8. The van der Waals surface area contributed by atoms with Gasteiger partial charge in [0.2, 0.25) is 0 Å². The fourth-order valence-electron chi connectivity index (χ4n) is 2.50. The van der Waals surface area contributed by atoms with Crippen LogP contribution in [0.25, 0.3) is 0 Å². The Morgan fingerprint density at radius 3 is 2.28 bits per heavy atom. The first kappa shape index (κ1) is 31.9. The van der Waals surface area contributed by atoms with E-state index in [2.05, 4.69) is 38.1 Å². The summed E-state index contributed by atoms with van der Waals surface area (Å²) >= 11 is 5.75. The topological polar surface area (TPSA) is 181 Å². The average Bonchev–Trinajstić information content (AvgIpc) is 2.69. The molecule has 14 heteroatoms. The molecule has 0 aliphatic carbocycles. The van der Waals surface area contributed by atoms with Gasteiger partial charge in [0.15, 0.2) is 28.4 Å². The van der Waals surface area contributed by atoms with Crippen molar-refractivity contribution in [3.63, 3.8) is 0 Å². The van der Waals surface area contributed by atoms with Crippen LogP contribution in [0.5, 0.6) is 0 Å². The number of nitrogens with one attached hydrogen (secondary N) is 4. The normalized spacial score (nSPS) is 9.44. The van der Waals surface area contributed by atoms with E-state index >= 15 is 0 Å². The zero-order valence-electron chi connectivity index (χ0n) is 17.2. The Hall–Kier alpha value is -2.24. The quantitative estimate of drug-likeness (QED) is 0.147. The minimum Gasteiger partial charge on any atom is -0.384 e. The third kappa shape index (κ3) is 10.4. The molecule has 32 heavy (non-hydrogen) atoms. The van der Waals surface area contributed by atoms with Crippen LogP contribution in [0.4, 0.5) is 17.3 Å². The Balaban J connectivity index is 0. The van der Waals surface area contributed by atoms with Crippen molar-refractivity contribution < 1.29 is 4.79 Å². The highest BCUT2D eigenvalue weighted by Crippen LogP contribution is 2.17. The van der Waals surface area contributed by atoms with E-state index in [0.29, 0.717) is 13.1 Å². The first-order valence-corrected chi connectivity index (χ1v) is 9.53. The number of guanidine groups is 1. The summed E-state index contributed by atoms with van der Waals surface area (Å²) in [7, 11) is 0. The number of carbonyl (C=O) groups excluding carboxylic acids is 1. The highest BCUT2D eigenvalue weighted by molar-refractivity contribution is 6.31. The second-order valence-corrected chi connectivity index (χ2v) is 6.62. The maximum Gasteiger partial charge on any atom is 0.280 e. The van der Waals surface area contributed by atoms with Gasteiger partial charge >= 0.3 is 0 Å². The lowest BCUT2D eigenvalue weighted by Crippen LogP contribution is -2.41. The Kier molecular flexibility index (Phi) is 16.4. The summed E-state index contributed by atoms with van der Waals surface area (Å²) in [6.07, 6.45) is 2.70. The lowest BCUT2D eigenvalue weighted by atomic mass is 10.1. The summed E-state index contributed by atoms with van der Waals surface area (Å²) in [6.45, 7) is 1.88. The maximum absolute atomic E-state index is 12.1. The number of benzene rings is 1. The van der Waals surface area contributed by atoms with E-state index in [1.165, 1.54) is 5.56 Å². The monoisotopic (exact) mass is 527 g/mol. The summed E-state index contributed by atoms with van der Waals surface area (Å²) in [5.41, 5.74) is 18.7. The first-order valence-electron chi connectivity index (χ1n) is 9.16. The molecule has 1 heterocycles. The fraction of sp³-hybridized carbons (Fsp3) is 0.333. The molecule has 1 aromatic heterocycles. The van der Waals surface area contributed by atoms with E-state index in [1.54, 1.807) is 0 Å². The Morgan fingerprint density at radius 1 is 1.00 bits per heavy atom. The van der Waals surface area contributed by atoms with Gasteiger partial charge in [-0.3, -0.25) is 15.5 Å². The van der Waals surface area contributed by atoms with Crippen LogP contribution < -0.4 is 33.2 Å². The zero-order chi connectivity index (χ0) is 21.2. The summed E-state index contributed by atoms with van der Waals surface area (Å²) in [6, 6.07) is 8.23. The molecule has 0 fully saturated rings. The predicted octanol–water partition coefficient (Wildman–Crippen LogP) is 2.21. The van der Waals surface area contributed by atoms with Crippen molar-refractivity contribution in [1.82, 2.24) is 20.6 Å². The van der Waals surface area contributed by atoms with Gasteiger partial charge in [0, 0.05) is 25.3 Å². The number of aromatic nitrogens is 2. The molecule has 0 unspecified atom stereocenters. The number of carbonyl (C=O) groups is 1. The highest BCUT2D eigenvalue weighted by atomic mass is 35.5. The second-order valence-electron chi connectivity index (χ2n) is 6.26. The van der Waals surface area contributed by atoms with Crippen LogP contribution in [-0.2, 0) is 6.42 Å². The molecule has 10 N–H and O–H groups in total. The summed E-state index contributed by atoms with van der Waals surface area (Å²) in [5, 5.41) is 16.1. The van der Waals surface area contributed by atoms with Crippen LogP contribution in [0.15, 0.2) is 24.3 Å². The average molecular weight is 529 g/mol. The van der Waals surface area contributed by atoms with Gasteiger partial charge in [-0.05, 0) is 37.0 Å². The molecule has 0 radical (unpaired) electrons. The predicted molar refractivity (Wildman–Crippen MR) is 138 cm³/mol. The number of unbranched alkanes of at least 4 members (excludes halogenated alkanes) is 1. The van der Waals surface area contributed by atoms with E-state index in [4.69, 9.17) is 34.2 Å². The molecule has 0 saturated carbocycles. The van der Waals surface area contributed by atoms with Crippen LogP contribution >= 0.6 is 48.8 Å². The standard InChI is InChI=1S/C18H26ClN9O.3ClH/c19-14-16(22)27-15(21)13(26-14)17(29)28-18(23)25-9-2-1-3-11-4-6-12(7-5-11)24-10-8-20;;;/h4-7,24H,1-3,8-10,20H2,(H4,21,22,27)(H3,23,25,28,29);3*1H. The summed E-state index contributed by atoms with van der Waals surface area (Å²) < 4.78 is 0. The van der Waals surface area contributed by atoms with Crippen molar-refractivity contribution in [3.05, 3.63) is 40.7 Å². The summed E-state index contributed by atoms with van der Waals surface area (Å²) in [4.78, 5) is 19.7. The molecule has 0 atom stereocenters. The van der Waals surface area contributed by atoms with E-state index in [9.17, 15) is 4.79 Å². The van der Waals surface area contributed by atoms with Crippen LogP contribution in [0.2, 0.25) is 5.15 Å². The van der Waals surface area contributed by atoms with Crippen LogP contribution in [0, 0.1) is 5.41 Å². The molecule has 0 aliphatic heterocycles. The molecule has 180 valence electrons. The number of halogens is 4. The maximum atomic E-state index is 12.1. The second kappa shape index (κ2) is 16.4. The van der Waals surface area contributed by atoms with E-state index in [-0.39, 0.29) is 65.7 Å². The van der Waals surface area contributed by atoms with Crippen LogP contribution in [0.3, 0.4) is 0 Å². The number of hydrogen-bond donors (Lipinski definition) is 7. The van der Waals surface area contributed by atoms with Gasteiger partial charge in [0.25, 0.3) is 5.91 Å². The van der Waals surface area contributed by atoms with Gasteiger partial charge < -0.3 is 27.8 Å². The lowest BCUT2D eigenvalue weighted by Gasteiger charge is -2.10. The van der Waals surface area contributed by atoms with Crippen LogP contribution in [0.1, 0.15) is 28.9 Å². The number of aryl methyl sites for hydroxylation is 1. The molecule has 0 bridgehead atoms. The third-order valence-electron chi connectivity index (χ3n) is 3.98. The number of anilines is 3. The van der Waals surface area contributed by atoms with Crippen molar-refractivity contribution in [1.29, 1.82) is 5.41 Å². The fourth-order valence-corrected chi connectivity index (χ4v) is 2.63. The molecule has 0 aliphatic rings. The van der Waals surface area contributed by atoms with Crippen LogP contribution in [-0.4, -0.2) is 41.5 Å². The van der Waals surface area contributed by atoms with E-state index in [1.807, 2.05) is 12.1 Å². The largest absolute Gasteiger partial charge is 0.384 e. The van der Waals surface area contributed by atoms with E-state index in [0.717, 1.165) is 31.5 Å². The van der Waals surface area contributed by atoms with Crippen molar-refractivity contribution in [3.8, 4) is 0 Å². The number of nitrogens with zero attached hydrogens (tertiary/aromatic N) is 2. The summed E-state index contributed by atoms with van der Waals surface area (Å²) in [5.74, 6) is -1.05. The molecule has 1 aromatic carbocycles. The first-order chi connectivity index (χ1) is 13.9. The highest BCUT2D eigenvalue weighted by Gasteiger charge is 2.16.